The Morgan fingerprint density at radius 1 is 1.06 bits per heavy atom. The number of amides is 2. The number of carbonyl (C=O) groups excluding carboxylic acids is 3. The quantitative estimate of drug-likeness (QED) is 0.166. The third-order valence-corrected chi connectivity index (χ3v) is 5.20. The van der Waals surface area contributed by atoms with Crippen LogP contribution >= 0.6 is 0 Å². The molecule has 8 heteroatoms. The van der Waals surface area contributed by atoms with Crippen molar-refractivity contribution in [2.24, 2.45) is 11.8 Å². The molecule has 0 saturated carbocycles. The van der Waals surface area contributed by atoms with Crippen LogP contribution < -0.4 is 10.6 Å². The molecule has 0 radical (unpaired) electrons. The molecule has 0 aliphatic heterocycles. The molecule has 35 heavy (non-hydrogen) atoms. The van der Waals surface area contributed by atoms with Gasteiger partial charge in [0.1, 0.15) is 6.61 Å². The van der Waals surface area contributed by atoms with E-state index in [1.54, 1.807) is 26.0 Å². The number of hydrogen-bond acceptors (Lipinski definition) is 6. The van der Waals surface area contributed by atoms with Crippen LogP contribution in [0.1, 0.15) is 38.7 Å². The van der Waals surface area contributed by atoms with Crippen molar-refractivity contribution < 1.29 is 29.0 Å². The molecule has 2 unspecified atom stereocenters. The number of benzene rings is 1. The molecule has 194 valence electrons. The van der Waals surface area contributed by atoms with Crippen molar-refractivity contribution in [1.82, 2.24) is 10.6 Å². The molecule has 0 aliphatic carbocycles. The second-order valence-corrected chi connectivity index (χ2v) is 9.00. The molecule has 1 aromatic rings. The van der Waals surface area contributed by atoms with Crippen LogP contribution in [0.2, 0.25) is 0 Å². The molecular weight excluding hydrogens is 448 g/mol. The van der Waals surface area contributed by atoms with Crippen LogP contribution in [-0.2, 0) is 30.3 Å². The maximum absolute atomic E-state index is 12.9. The van der Waals surface area contributed by atoms with Crippen molar-refractivity contribution in [2.75, 3.05) is 33.0 Å². The van der Waals surface area contributed by atoms with Crippen LogP contribution in [0.5, 0.6) is 0 Å². The van der Waals surface area contributed by atoms with Gasteiger partial charge in [0.25, 0.3) is 0 Å². The van der Waals surface area contributed by atoms with Crippen molar-refractivity contribution >= 4 is 17.8 Å². The maximum Gasteiger partial charge on any atom is 0.309 e. The zero-order valence-corrected chi connectivity index (χ0v) is 21.0. The van der Waals surface area contributed by atoms with E-state index in [4.69, 9.17) is 14.6 Å². The summed E-state index contributed by atoms with van der Waals surface area (Å²) in [5, 5.41) is 14.3. The molecule has 3 N–H and O–H groups in total. The highest BCUT2D eigenvalue weighted by Gasteiger charge is 2.29. The summed E-state index contributed by atoms with van der Waals surface area (Å²) in [6, 6.07) is 9.70. The Morgan fingerprint density at radius 2 is 1.71 bits per heavy atom. The SMILES string of the molecule is C=CCC(CC(=O)NCCOCCO)C(=O)NC(C)(C)COC(=O)C(CC=C)Cc1ccccc1. The lowest BCUT2D eigenvalue weighted by molar-refractivity contribution is -0.151. The molecule has 8 nitrogen and oxygen atoms in total. The maximum atomic E-state index is 12.9. The van der Waals surface area contributed by atoms with Crippen molar-refractivity contribution in [3.05, 3.63) is 61.2 Å². The van der Waals surface area contributed by atoms with E-state index in [1.165, 1.54) is 0 Å². The number of esters is 1. The van der Waals surface area contributed by atoms with Gasteiger partial charge in [-0.2, -0.15) is 0 Å². The fraction of sp³-hybridized carbons (Fsp3) is 0.519. The van der Waals surface area contributed by atoms with Gasteiger partial charge in [0.2, 0.25) is 11.8 Å². The summed E-state index contributed by atoms with van der Waals surface area (Å²) in [6.45, 7) is 11.6. The molecule has 2 atom stereocenters. The molecular formula is C27H40N2O6. The molecule has 0 spiro atoms. The predicted octanol–water partition coefficient (Wildman–Crippen LogP) is 2.57. The van der Waals surface area contributed by atoms with Gasteiger partial charge in [-0.15, -0.1) is 13.2 Å². The van der Waals surface area contributed by atoms with Crippen molar-refractivity contribution in [1.29, 1.82) is 0 Å². The van der Waals surface area contributed by atoms with Crippen LogP contribution in [0.25, 0.3) is 0 Å². The molecule has 2 amide bonds. The smallest absolute Gasteiger partial charge is 0.309 e. The molecule has 0 saturated heterocycles. The Labute approximate surface area is 208 Å². The molecule has 0 heterocycles. The monoisotopic (exact) mass is 488 g/mol. The molecule has 1 rings (SSSR count). The van der Waals surface area contributed by atoms with Gasteiger partial charge < -0.3 is 25.2 Å². The van der Waals surface area contributed by atoms with Crippen molar-refractivity contribution in [3.8, 4) is 0 Å². The number of carbonyl (C=O) groups is 3. The number of allylic oxidation sites excluding steroid dienone is 2. The summed E-state index contributed by atoms with van der Waals surface area (Å²) in [5.41, 5.74) is 0.209. The zero-order valence-electron chi connectivity index (χ0n) is 21.0. The first kappa shape index (κ1) is 30.1. The minimum absolute atomic E-state index is 0.00475. The van der Waals surface area contributed by atoms with Gasteiger partial charge in [-0.05, 0) is 38.7 Å². The third-order valence-electron chi connectivity index (χ3n) is 5.20. The number of hydrogen-bond donors (Lipinski definition) is 3. The summed E-state index contributed by atoms with van der Waals surface area (Å²) in [7, 11) is 0. The predicted molar refractivity (Wildman–Crippen MR) is 135 cm³/mol. The topological polar surface area (TPSA) is 114 Å². The van der Waals surface area contributed by atoms with Crippen LogP contribution in [-0.4, -0.2) is 61.4 Å². The van der Waals surface area contributed by atoms with Crippen LogP contribution in [0.4, 0.5) is 0 Å². The van der Waals surface area contributed by atoms with Crippen LogP contribution in [0.3, 0.4) is 0 Å². The number of nitrogens with one attached hydrogen (secondary N) is 2. The average Bonchev–Trinajstić information content (AvgIpc) is 2.82. The largest absolute Gasteiger partial charge is 0.463 e. The Balaban J connectivity index is 2.60. The van der Waals surface area contributed by atoms with E-state index in [9.17, 15) is 14.4 Å². The van der Waals surface area contributed by atoms with E-state index in [1.807, 2.05) is 30.3 Å². The molecule has 0 aromatic heterocycles. The van der Waals surface area contributed by atoms with Gasteiger partial charge in [-0.25, -0.2) is 0 Å². The van der Waals surface area contributed by atoms with Gasteiger partial charge in [-0.1, -0.05) is 42.5 Å². The average molecular weight is 489 g/mol. The van der Waals surface area contributed by atoms with Gasteiger partial charge >= 0.3 is 5.97 Å². The first-order valence-electron chi connectivity index (χ1n) is 11.9. The van der Waals surface area contributed by atoms with Gasteiger partial charge in [0.15, 0.2) is 0 Å². The van der Waals surface area contributed by atoms with Gasteiger partial charge in [0, 0.05) is 13.0 Å². The summed E-state index contributed by atoms with van der Waals surface area (Å²) >= 11 is 0. The molecule has 0 bridgehead atoms. The zero-order chi connectivity index (χ0) is 26.1. The van der Waals surface area contributed by atoms with E-state index < -0.39 is 11.5 Å². The lowest BCUT2D eigenvalue weighted by Crippen LogP contribution is -2.50. The Hall–Kier alpha value is -2.97. The Bertz CT molecular complexity index is 809. The second-order valence-electron chi connectivity index (χ2n) is 9.00. The highest BCUT2D eigenvalue weighted by Crippen LogP contribution is 2.17. The van der Waals surface area contributed by atoms with Crippen LogP contribution in [0, 0.1) is 11.8 Å². The van der Waals surface area contributed by atoms with Crippen molar-refractivity contribution in [2.45, 2.75) is 45.1 Å². The summed E-state index contributed by atoms with van der Waals surface area (Å²) < 4.78 is 10.7. The van der Waals surface area contributed by atoms with Gasteiger partial charge in [0.05, 0.1) is 37.2 Å². The first-order valence-corrected chi connectivity index (χ1v) is 11.9. The standard InChI is InChI=1S/C27H40N2O6/c1-5-10-22(19-24(31)28-14-16-34-17-15-30)25(32)29-27(3,4)20-35-26(33)23(11-6-2)18-21-12-8-7-9-13-21/h5-9,12-13,22-23,30H,1-2,10-11,14-20H2,3-4H3,(H,28,31)(H,29,32). The number of rotatable bonds is 18. The van der Waals surface area contributed by atoms with E-state index in [-0.39, 0.29) is 63.1 Å². The van der Waals surface area contributed by atoms with E-state index >= 15 is 0 Å². The fourth-order valence-electron chi connectivity index (χ4n) is 3.41. The van der Waals surface area contributed by atoms with Gasteiger partial charge in [-0.3, -0.25) is 14.4 Å². The minimum Gasteiger partial charge on any atom is -0.463 e. The summed E-state index contributed by atoms with van der Waals surface area (Å²) in [6.07, 6.45) is 4.65. The molecule has 0 fully saturated rings. The van der Waals surface area contributed by atoms with E-state index in [0.29, 0.717) is 19.3 Å². The molecule has 1 aromatic carbocycles. The first-order chi connectivity index (χ1) is 16.7. The fourth-order valence-corrected chi connectivity index (χ4v) is 3.41. The highest BCUT2D eigenvalue weighted by molar-refractivity contribution is 5.86. The Morgan fingerprint density at radius 3 is 2.34 bits per heavy atom. The lowest BCUT2D eigenvalue weighted by Gasteiger charge is -2.29. The third kappa shape index (κ3) is 12.9. The highest BCUT2D eigenvalue weighted by atomic mass is 16.5. The normalized spacial score (nSPS) is 12.8. The number of aliphatic hydroxyl groups is 1. The van der Waals surface area contributed by atoms with Crippen molar-refractivity contribution in [3.63, 3.8) is 0 Å². The van der Waals surface area contributed by atoms with E-state index in [2.05, 4.69) is 23.8 Å². The number of aliphatic hydroxyl groups excluding tert-OH is 1. The lowest BCUT2D eigenvalue weighted by atomic mass is 9.96. The van der Waals surface area contributed by atoms with E-state index in [0.717, 1.165) is 5.56 Å². The Kier molecular flexibility index (Phi) is 14.3. The second kappa shape index (κ2) is 16.6. The van der Waals surface area contributed by atoms with Crippen LogP contribution in [0.15, 0.2) is 55.6 Å². The minimum atomic E-state index is -0.827. The molecule has 0 aliphatic rings. The summed E-state index contributed by atoms with van der Waals surface area (Å²) in [5.74, 6) is -1.91. The summed E-state index contributed by atoms with van der Waals surface area (Å²) in [4.78, 5) is 37.8. The number of ether oxygens (including phenoxy) is 2.